The third-order valence-electron chi connectivity index (χ3n) is 4.76. The lowest BCUT2D eigenvalue weighted by Crippen LogP contribution is -2.56. The van der Waals surface area contributed by atoms with Gasteiger partial charge in [-0.2, -0.15) is 0 Å². The van der Waals surface area contributed by atoms with Gasteiger partial charge in [0.25, 0.3) is 0 Å². The fourth-order valence-corrected chi connectivity index (χ4v) is 3.13. The van der Waals surface area contributed by atoms with E-state index in [1.54, 1.807) is 24.4 Å². The van der Waals surface area contributed by atoms with E-state index in [0.29, 0.717) is 17.3 Å². The largest absolute Gasteiger partial charge is 0.354 e. The highest BCUT2D eigenvalue weighted by Crippen LogP contribution is 2.24. The Bertz CT molecular complexity index is 766. The Kier molecular flexibility index (Phi) is 4.86. The number of carbonyl (C=O) groups is 1. The second-order valence-corrected chi connectivity index (χ2v) is 7.67. The lowest BCUT2D eigenvalue weighted by Gasteiger charge is -2.41. The molecule has 0 bridgehead atoms. The molecule has 132 valence electrons. The van der Waals surface area contributed by atoms with Gasteiger partial charge in [-0.25, -0.2) is 4.98 Å². The normalized spacial score (nSPS) is 18.2. The standard InChI is InChI=1S/C20H26N4O/c1-14-15(7-6-10-21-14)19(25)16-8-5-9-18(23-16)24-12-11-22-17(13-24)20(2,3)4/h5-10,17,22H,11-13H2,1-4H3/t17-/m1/s1. The lowest BCUT2D eigenvalue weighted by atomic mass is 9.85. The van der Waals surface area contributed by atoms with Crippen LogP contribution in [0.15, 0.2) is 36.5 Å². The average Bonchev–Trinajstić information content (AvgIpc) is 2.61. The summed E-state index contributed by atoms with van der Waals surface area (Å²) in [6, 6.07) is 9.66. The fourth-order valence-electron chi connectivity index (χ4n) is 3.13. The number of rotatable bonds is 3. The number of ketones is 1. The molecule has 0 aliphatic carbocycles. The van der Waals surface area contributed by atoms with Gasteiger partial charge in [0.15, 0.2) is 0 Å². The van der Waals surface area contributed by atoms with E-state index in [-0.39, 0.29) is 11.2 Å². The van der Waals surface area contributed by atoms with Crippen LogP contribution < -0.4 is 10.2 Å². The monoisotopic (exact) mass is 338 g/mol. The van der Waals surface area contributed by atoms with E-state index >= 15 is 0 Å². The van der Waals surface area contributed by atoms with Crippen molar-refractivity contribution in [2.75, 3.05) is 24.5 Å². The molecule has 2 aromatic rings. The summed E-state index contributed by atoms with van der Waals surface area (Å²) in [5.74, 6) is 0.790. The maximum atomic E-state index is 12.8. The molecule has 1 N–H and O–H groups in total. The van der Waals surface area contributed by atoms with Crippen molar-refractivity contribution in [3.05, 3.63) is 53.5 Å². The third-order valence-corrected chi connectivity index (χ3v) is 4.76. The zero-order valence-electron chi connectivity index (χ0n) is 15.4. The van der Waals surface area contributed by atoms with Crippen LogP contribution in [0.1, 0.15) is 42.5 Å². The molecule has 5 heteroatoms. The summed E-state index contributed by atoms with van der Waals surface area (Å²) >= 11 is 0. The van der Waals surface area contributed by atoms with Crippen LogP contribution in [-0.2, 0) is 0 Å². The predicted molar refractivity (Wildman–Crippen MR) is 100 cm³/mol. The summed E-state index contributed by atoms with van der Waals surface area (Å²) in [7, 11) is 0. The van der Waals surface area contributed by atoms with Crippen molar-refractivity contribution in [1.29, 1.82) is 0 Å². The number of nitrogens with zero attached hydrogens (tertiary/aromatic N) is 3. The van der Waals surface area contributed by atoms with Crippen LogP contribution in [0.5, 0.6) is 0 Å². The van der Waals surface area contributed by atoms with Gasteiger partial charge in [-0.05, 0) is 36.6 Å². The highest BCUT2D eigenvalue weighted by atomic mass is 16.1. The van der Waals surface area contributed by atoms with Gasteiger partial charge >= 0.3 is 0 Å². The van der Waals surface area contributed by atoms with Crippen LogP contribution >= 0.6 is 0 Å². The second-order valence-electron chi connectivity index (χ2n) is 7.67. The van der Waals surface area contributed by atoms with Crippen LogP contribution in [0.25, 0.3) is 0 Å². The summed E-state index contributed by atoms with van der Waals surface area (Å²) < 4.78 is 0. The first-order valence-corrected chi connectivity index (χ1v) is 8.78. The maximum Gasteiger partial charge on any atom is 0.213 e. The minimum absolute atomic E-state index is 0.0741. The number of piperazine rings is 1. The molecule has 1 fully saturated rings. The minimum Gasteiger partial charge on any atom is -0.354 e. The van der Waals surface area contributed by atoms with Crippen LogP contribution in [0.2, 0.25) is 0 Å². The van der Waals surface area contributed by atoms with Gasteiger partial charge in [0.1, 0.15) is 11.5 Å². The molecule has 0 radical (unpaired) electrons. The Balaban J connectivity index is 1.84. The van der Waals surface area contributed by atoms with Crippen molar-refractivity contribution in [3.63, 3.8) is 0 Å². The highest BCUT2D eigenvalue weighted by Gasteiger charge is 2.30. The molecule has 1 aliphatic rings. The number of hydrogen-bond acceptors (Lipinski definition) is 5. The molecule has 2 aromatic heterocycles. The first-order valence-electron chi connectivity index (χ1n) is 8.78. The maximum absolute atomic E-state index is 12.8. The summed E-state index contributed by atoms with van der Waals surface area (Å²) in [6.45, 7) is 11.3. The highest BCUT2D eigenvalue weighted by molar-refractivity contribution is 6.08. The second kappa shape index (κ2) is 6.92. The molecule has 1 aliphatic heterocycles. The van der Waals surface area contributed by atoms with Crippen molar-refractivity contribution >= 4 is 11.6 Å². The Hall–Kier alpha value is -2.27. The number of nitrogens with one attached hydrogen (secondary N) is 1. The van der Waals surface area contributed by atoms with Gasteiger partial charge in [-0.15, -0.1) is 0 Å². The Morgan fingerprint density at radius 3 is 2.76 bits per heavy atom. The van der Waals surface area contributed by atoms with Crippen LogP contribution in [0, 0.1) is 12.3 Å². The Morgan fingerprint density at radius 1 is 1.24 bits per heavy atom. The molecule has 0 saturated carbocycles. The van der Waals surface area contributed by atoms with E-state index in [1.807, 2.05) is 19.1 Å². The first kappa shape index (κ1) is 17.5. The van der Waals surface area contributed by atoms with Crippen molar-refractivity contribution in [2.24, 2.45) is 5.41 Å². The predicted octanol–water partition coefficient (Wildman–Crippen LogP) is 2.84. The number of pyridine rings is 2. The van der Waals surface area contributed by atoms with Crippen molar-refractivity contribution in [2.45, 2.75) is 33.7 Å². The molecule has 1 saturated heterocycles. The molecular formula is C20H26N4O. The van der Waals surface area contributed by atoms with E-state index < -0.39 is 0 Å². The third kappa shape index (κ3) is 3.87. The number of aromatic nitrogens is 2. The zero-order chi connectivity index (χ0) is 18.0. The van der Waals surface area contributed by atoms with Gasteiger partial charge in [-0.3, -0.25) is 9.78 Å². The minimum atomic E-state index is -0.0741. The van der Waals surface area contributed by atoms with E-state index in [1.165, 1.54) is 0 Å². The first-order chi connectivity index (χ1) is 11.9. The van der Waals surface area contributed by atoms with Gasteiger partial charge in [-0.1, -0.05) is 26.8 Å². The smallest absolute Gasteiger partial charge is 0.213 e. The molecule has 5 nitrogen and oxygen atoms in total. The van der Waals surface area contributed by atoms with Gasteiger partial charge < -0.3 is 10.2 Å². The molecule has 1 atom stereocenters. The number of carbonyl (C=O) groups excluding carboxylic acids is 1. The molecule has 0 unspecified atom stereocenters. The summed E-state index contributed by atoms with van der Waals surface area (Å²) in [5, 5.41) is 3.58. The van der Waals surface area contributed by atoms with E-state index in [0.717, 1.165) is 31.1 Å². The van der Waals surface area contributed by atoms with E-state index in [9.17, 15) is 4.79 Å². The van der Waals surface area contributed by atoms with Gasteiger partial charge in [0.2, 0.25) is 5.78 Å². The fraction of sp³-hybridized carbons (Fsp3) is 0.450. The molecule has 3 heterocycles. The number of hydrogen-bond donors (Lipinski definition) is 1. The molecule has 0 amide bonds. The SMILES string of the molecule is Cc1ncccc1C(=O)c1cccc(N2CCN[C@@H](C(C)(C)C)C2)n1. The molecule has 0 spiro atoms. The molecule has 0 aromatic carbocycles. The average molecular weight is 338 g/mol. The Labute approximate surface area is 149 Å². The zero-order valence-corrected chi connectivity index (χ0v) is 15.4. The number of aryl methyl sites for hydroxylation is 1. The van der Waals surface area contributed by atoms with Crippen LogP contribution in [-0.4, -0.2) is 41.4 Å². The Morgan fingerprint density at radius 2 is 2.04 bits per heavy atom. The number of anilines is 1. The summed E-state index contributed by atoms with van der Waals surface area (Å²) in [4.78, 5) is 23.9. The summed E-state index contributed by atoms with van der Waals surface area (Å²) in [5.41, 5.74) is 1.99. The lowest BCUT2D eigenvalue weighted by molar-refractivity contribution is 0.103. The van der Waals surface area contributed by atoms with E-state index in [2.05, 4.69) is 41.0 Å². The van der Waals surface area contributed by atoms with Crippen LogP contribution in [0.3, 0.4) is 0 Å². The molecule has 3 rings (SSSR count). The molecule has 25 heavy (non-hydrogen) atoms. The van der Waals surface area contributed by atoms with Gasteiger partial charge in [0, 0.05) is 43.1 Å². The van der Waals surface area contributed by atoms with Crippen molar-refractivity contribution in [1.82, 2.24) is 15.3 Å². The topological polar surface area (TPSA) is 58.1 Å². The van der Waals surface area contributed by atoms with Crippen molar-refractivity contribution in [3.8, 4) is 0 Å². The molecular weight excluding hydrogens is 312 g/mol. The van der Waals surface area contributed by atoms with Crippen molar-refractivity contribution < 1.29 is 4.79 Å². The van der Waals surface area contributed by atoms with E-state index in [4.69, 9.17) is 0 Å². The van der Waals surface area contributed by atoms with Gasteiger partial charge in [0.05, 0.1) is 0 Å². The quantitative estimate of drug-likeness (QED) is 0.872. The van der Waals surface area contributed by atoms with Crippen LogP contribution in [0.4, 0.5) is 5.82 Å². The summed E-state index contributed by atoms with van der Waals surface area (Å²) in [6.07, 6.45) is 1.70.